The molecule has 124 valence electrons. The second-order valence-electron chi connectivity index (χ2n) is 5.46. The predicted octanol–water partition coefficient (Wildman–Crippen LogP) is 2.23. The molecule has 8 heteroatoms. The lowest BCUT2D eigenvalue weighted by atomic mass is 10.2. The van der Waals surface area contributed by atoms with Crippen LogP contribution in [-0.2, 0) is 11.3 Å². The molecule has 0 spiro atoms. The Kier molecular flexibility index (Phi) is 5.75. The van der Waals surface area contributed by atoms with E-state index in [1.807, 2.05) is 17.5 Å². The zero-order valence-electron chi connectivity index (χ0n) is 13.4. The number of carbonyl (C=O) groups excluding carboxylic acids is 1. The third kappa shape index (κ3) is 5.41. The number of nitrogens with one attached hydrogen (secondary N) is 2. The van der Waals surface area contributed by atoms with Crippen molar-refractivity contribution in [3.63, 3.8) is 0 Å². The van der Waals surface area contributed by atoms with Gasteiger partial charge in [0.1, 0.15) is 11.5 Å². The van der Waals surface area contributed by atoms with E-state index >= 15 is 0 Å². The molecular weight excluding hydrogens is 314 g/mol. The molecule has 0 atom stereocenters. The Morgan fingerprint density at radius 2 is 2.22 bits per heavy atom. The highest BCUT2D eigenvalue weighted by atomic mass is 32.1. The van der Waals surface area contributed by atoms with Gasteiger partial charge in [-0.3, -0.25) is 4.79 Å². The van der Waals surface area contributed by atoms with Gasteiger partial charge < -0.3 is 20.8 Å². The summed E-state index contributed by atoms with van der Waals surface area (Å²) in [6.07, 6.45) is 0. The normalized spacial score (nSPS) is 11.7. The molecule has 2 heterocycles. The molecular formula is C15H21N5O2S. The van der Waals surface area contributed by atoms with Crippen molar-refractivity contribution in [1.82, 2.24) is 15.6 Å². The summed E-state index contributed by atoms with van der Waals surface area (Å²) in [4.78, 5) is 19.5. The molecule has 0 aliphatic carbocycles. The monoisotopic (exact) mass is 335 g/mol. The van der Waals surface area contributed by atoms with Crippen LogP contribution in [0.5, 0.6) is 0 Å². The summed E-state index contributed by atoms with van der Waals surface area (Å²) in [5.41, 5.74) is 6.51. The average molecular weight is 335 g/mol. The highest BCUT2D eigenvalue weighted by Gasteiger charge is 2.09. The van der Waals surface area contributed by atoms with Gasteiger partial charge in [-0.15, -0.1) is 11.3 Å². The maximum atomic E-state index is 10.9. The fraction of sp³-hybridized carbons (Fsp3) is 0.400. The number of aliphatic imine (C=N–C) groups is 1. The molecule has 0 aliphatic rings. The third-order valence-electron chi connectivity index (χ3n) is 2.83. The second kappa shape index (κ2) is 7.77. The summed E-state index contributed by atoms with van der Waals surface area (Å²) in [7, 11) is 0. The van der Waals surface area contributed by atoms with E-state index in [4.69, 9.17) is 10.2 Å². The molecule has 0 fully saturated rings. The predicted molar refractivity (Wildman–Crippen MR) is 91.5 cm³/mol. The second-order valence-corrected chi connectivity index (χ2v) is 6.30. The number of furan rings is 1. The van der Waals surface area contributed by atoms with Gasteiger partial charge in [0.2, 0.25) is 11.0 Å². The maximum Gasteiger partial charge on any atom is 0.217 e. The first-order valence-corrected chi connectivity index (χ1v) is 8.19. The molecule has 0 aliphatic heterocycles. The van der Waals surface area contributed by atoms with Crippen molar-refractivity contribution in [2.45, 2.75) is 27.3 Å². The number of amides is 1. The van der Waals surface area contributed by atoms with Gasteiger partial charge in [0, 0.05) is 18.8 Å². The number of rotatable bonds is 6. The first kappa shape index (κ1) is 17.0. The largest absolute Gasteiger partial charge is 0.458 e. The van der Waals surface area contributed by atoms with Gasteiger partial charge in [-0.1, -0.05) is 13.8 Å². The Labute approximate surface area is 139 Å². The molecule has 2 aromatic rings. The van der Waals surface area contributed by atoms with Gasteiger partial charge in [0.05, 0.1) is 6.54 Å². The van der Waals surface area contributed by atoms with E-state index in [0.717, 1.165) is 6.54 Å². The Morgan fingerprint density at radius 3 is 2.91 bits per heavy atom. The van der Waals surface area contributed by atoms with E-state index in [2.05, 4.69) is 34.5 Å². The first-order valence-electron chi connectivity index (χ1n) is 7.31. The zero-order chi connectivity index (χ0) is 16.8. The maximum absolute atomic E-state index is 10.9. The summed E-state index contributed by atoms with van der Waals surface area (Å²) < 4.78 is 5.65. The zero-order valence-corrected chi connectivity index (χ0v) is 14.2. The summed E-state index contributed by atoms with van der Waals surface area (Å²) in [5.74, 6) is 2.05. The number of aromatic nitrogens is 1. The van der Waals surface area contributed by atoms with Crippen LogP contribution in [0.4, 0.5) is 5.13 Å². The van der Waals surface area contributed by atoms with Crippen molar-refractivity contribution in [1.29, 1.82) is 0 Å². The van der Waals surface area contributed by atoms with Gasteiger partial charge in [-0.25, -0.2) is 4.98 Å². The third-order valence-corrected chi connectivity index (χ3v) is 3.56. The molecule has 7 nitrogen and oxygen atoms in total. The van der Waals surface area contributed by atoms with Crippen LogP contribution in [0, 0.1) is 5.92 Å². The molecule has 23 heavy (non-hydrogen) atoms. The SMILES string of the molecule is CC(=O)NCc1ccc(-c2csc(/N=C(\N)NCC(C)C)n2)o1. The number of carbonyl (C=O) groups is 1. The van der Waals surface area contributed by atoms with Crippen LogP contribution in [0.2, 0.25) is 0 Å². The minimum atomic E-state index is -0.0994. The Balaban J connectivity index is 2.01. The molecule has 0 aromatic carbocycles. The lowest BCUT2D eigenvalue weighted by Crippen LogP contribution is -2.33. The molecule has 0 saturated carbocycles. The fourth-order valence-electron chi connectivity index (χ4n) is 1.70. The Hall–Kier alpha value is -2.35. The molecule has 0 unspecified atom stereocenters. The van der Waals surface area contributed by atoms with Crippen molar-refractivity contribution < 1.29 is 9.21 Å². The highest BCUT2D eigenvalue weighted by molar-refractivity contribution is 7.13. The number of guanidine groups is 1. The molecule has 4 N–H and O–H groups in total. The van der Waals surface area contributed by atoms with Crippen molar-refractivity contribution in [2.24, 2.45) is 16.6 Å². The van der Waals surface area contributed by atoms with Crippen LogP contribution in [0.15, 0.2) is 26.9 Å². The topological polar surface area (TPSA) is 106 Å². The van der Waals surface area contributed by atoms with E-state index in [1.54, 1.807) is 0 Å². The van der Waals surface area contributed by atoms with Gasteiger partial charge in [-0.05, 0) is 18.1 Å². The van der Waals surface area contributed by atoms with E-state index in [1.165, 1.54) is 18.3 Å². The number of nitrogens with zero attached hydrogens (tertiary/aromatic N) is 2. The van der Waals surface area contributed by atoms with Gasteiger partial charge >= 0.3 is 0 Å². The van der Waals surface area contributed by atoms with Crippen LogP contribution in [0.3, 0.4) is 0 Å². The highest BCUT2D eigenvalue weighted by Crippen LogP contribution is 2.28. The molecule has 0 bridgehead atoms. The summed E-state index contributed by atoms with van der Waals surface area (Å²) in [6.45, 7) is 6.77. The summed E-state index contributed by atoms with van der Waals surface area (Å²) in [6, 6.07) is 3.63. The fourth-order valence-corrected chi connectivity index (χ4v) is 2.39. The number of hydrogen-bond donors (Lipinski definition) is 3. The first-order chi connectivity index (χ1) is 10.9. The Bertz CT molecular complexity index is 690. The van der Waals surface area contributed by atoms with E-state index in [-0.39, 0.29) is 5.91 Å². The summed E-state index contributed by atoms with van der Waals surface area (Å²) >= 11 is 1.39. The minimum absolute atomic E-state index is 0.0994. The smallest absolute Gasteiger partial charge is 0.217 e. The lowest BCUT2D eigenvalue weighted by molar-refractivity contribution is -0.119. The van der Waals surface area contributed by atoms with E-state index in [0.29, 0.717) is 40.8 Å². The lowest BCUT2D eigenvalue weighted by Gasteiger charge is -2.06. The Morgan fingerprint density at radius 1 is 1.43 bits per heavy atom. The van der Waals surface area contributed by atoms with E-state index < -0.39 is 0 Å². The summed E-state index contributed by atoms with van der Waals surface area (Å²) in [5, 5.41) is 8.15. The van der Waals surface area contributed by atoms with Crippen molar-refractivity contribution in [3.05, 3.63) is 23.3 Å². The molecule has 2 aromatic heterocycles. The van der Waals surface area contributed by atoms with Gasteiger partial charge in [-0.2, -0.15) is 4.99 Å². The van der Waals surface area contributed by atoms with Gasteiger partial charge in [0.25, 0.3) is 0 Å². The van der Waals surface area contributed by atoms with E-state index in [9.17, 15) is 4.79 Å². The van der Waals surface area contributed by atoms with Crippen LogP contribution < -0.4 is 16.4 Å². The van der Waals surface area contributed by atoms with Crippen LogP contribution in [0.1, 0.15) is 26.5 Å². The number of hydrogen-bond acceptors (Lipinski definition) is 5. The van der Waals surface area contributed by atoms with Gasteiger partial charge in [0.15, 0.2) is 11.7 Å². The molecule has 0 saturated heterocycles. The number of thiazole rings is 1. The van der Waals surface area contributed by atoms with Crippen LogP contribution >= 0.6 is 11.3 Å². The molecule has 2 rings (SSSR count). The number of nitrogens with two attached hydrogens (primary N) is 1. The van der Waals surface area contributed by atoms with Crippen LogP contribution in [-0.4, -0.2) is 23.4 Å². The molecule has 1 amide bonds. The van der Waals surface area contributed by atoms with Crippen LogP contribution in [0.25, 0.3) is 11.5 Å². The average Bonchev–Trinajstić information content (AvgIpc) is 3.11. The standard InChI is InChI=1S/C15H21N5O2S/c1-9(2)6-18-14(16)20-15-19-12(8-23-15)13-5-4-11(22-13)7-17-10(3)21/h4-5,8-9H,6-7H2,1-3H3,(H,17,21)(H3,16,18,19,20). The molecule has 0 radical (unpaired) electrons. The van der Waals surface area contributed by atoms with Crippen molar-refractivity contribution >= 4 is 28.3 Å². The van der Waals surface area contributed by atoms with Crippen molar-refractivity contribution in [3.8, 4) is 11.5 Å². The quantitative estimate of drug-likeness (QED) is 0.554. The van der Waals surface area contributed by atoms with Crippen molar-refractivity contribution in [2.75, 3.05) is 6.54 Å². The minimum Gasteiger partial charge on any atom is -0.458 e.